The van der Waals surface area contributed by atoms with Crippen molar-refractivity contribution < 1.29 is 9.90 Å². The number of rotatable bonds is 5. The lowest BCUT2D eigenvalue weighted by atomic mass is 9.80. The Kier molecular flexibility index (Phi) is 4.59. The maximum atomic E-state index is 11.7. The highest BCUT2D eigenvalue weighted by Crippen LogP contribution is 2.30. The monoisotopic (exact) mass is 241 g/mol. The number of nitrogens with one attached hydrogen (secondary N) is 1. The second kappa shape index (κ2) is 5.38. The van der Waals surface area contributed by atoms with Crippen molar-refractivity contribution in [2.75, 3.05) is 6.54 Å². The van der Waals surface area contributed by atoms with Gasteiger partial charge in [0, 0.05) is 13.0 Å². The molecule has 3 heteroatoms. The number of aliphatic hydroxyl groups is 1. The van der Waals surface area contributed by atoms with Crippen molar-refractivity contribution >= 4 is 5.91 Å². The van der Waals surface area contributed by atoms with Gasteiger partial charge in [0.15, 0.2) is 0 Å². The van der Waals surface area contributed by atoms with Crippen LogP contribution in [0.3, 0.4) is 0 Å². The molecule has 0 aromatic heterocycles. The van der Waals surface area contributed by atoms with Crippen LogP contribution in [0, 0.1) is 11.3 Å². The van der Waals surface area contributed by atoms with E-state index in [2.05, 4.69) is 33.0 Å². The van der Waals surface area contributed by atoms with Crippen molar-refractivity contribution in [3.05, 3.63) is 0 Å². The average molecular weight is 241 g/mol. The predicted molar refractivity (Wildman–Crippen MR) is 69.7 cm³/mol. The van der Waals surface area contributed by atoms with Crippen molar-refractivity contribution in [1.29, 1.82) is 0 Å². The van der Waals surface area contributed by atoms with Gasteiger partial charge >= 0.3 is 0 Å². The molecule has 17 heavy (non-hydrogen) atoms. The number of amides is 1. The smallest absolute Gasteiger partial charge is 0.220 e. The molecule has 0 saturated heterocycles. The van der Waals surface area contributed by atoms with Gasteiger partial charge in [0.25, 0.3) is 0 Å². The van der Waals surface area contributed by atoms with Gasteiger partial charge in [-0.3, -0.25) is 4.79 Å². The minimum absolute atomic E-state index is 0.0714. The lowest BCUT2D eigenvalue weighted by Crippen LogP contribution is -2.48. The van der Waals surface area contributed by atoms with Crippen molar-refractivity contribution in [2.24, 2.45) is 11.3 Å². The molecule has 100 valence electrons. The molecule has 1 aliphatic rings. The summed E-state index contributed by atoms with van der Waals surface area (Å²) in [4.78, 5) is 11.7. The molecule has 1 saturated carbocycles. The Bertz CT molecular complexity index is 264. The molecule has 0 bridgehead atoms. The summed E-state index contributed by atoms with van der Waals surface area (Å²) in [6, 6.07) is 0. The zero-order valence-electron chi connectivity index (χ0n) is 11.7. The van der Waals surface area contributed by atoms with Crippen LogP contribution >= 0.6 is 0 Å². The van der Waals surface area contributed by atoms with E-state index in [1.807, 2.05) is 0 Å². The second-order valence-electron chi connectivity index (χ2n) is 6.93. The Balaban J connectivity index is 2.20. The topological polar surface area (TPSA) is 49.3 Å². The molecular formula is C14H27NO2. The Morgan fingerprint density at radius 2 is 2.00 bits per heavy atom. The Morgan fingerprint density at radius 1 is 1.41 bits per heavy atom. The van der Waals surface area contributed by atoms with Crippen LogP contribution in [0.4, 0.5) is 0 Å². The standard InChI is InChI=1S/C14H27NO2/c1-11(9-13(2,3)4)8-12(16)15-10-14(17)6-5-7-14/h11,17H,5-10H2,1-4H3,(H,15,16). The minimum atomic E-state index is -0.608. The van der Waals surface area contributed by atoms with Gasteiger partial charge in [0.1, 0.15) is 0 Å². The van der Waals surface area contributed by atoms with Crippen LogP contribution in [0.5, 0.6) is 0 Å². The first-order chi connectivity index (χ1) is 7.70. The van der Waals surface area contributed by atoms with Gasteiger partial charge in [0.05, 0.1) is 5.60 Å². The van der Waals surface area contributed by atoms with Gasteiger partial charge in [-0.2, -0.15) is 0 Å². The van der Waals surface area contributed by atoms with E-state index in [0.717, 1.165) is 25.7 Å². The van der Waals surface area contributed by atoms with Crippen LogP contribution < -0.4 is 5.32 Å². The quantitative estimate of drug-likeness (QED) is 0.777. The molecule has 1 unspecified atom stereocenters. The number of hydrogen-bond donors (Lipinski definition) is 2. The Labute approximate surface area is 105 Å². The van der Waals surface area contributed by atoms with Crippen LogP contribution in [0.25, 0.3) is 0 Å². The summed E-state index contributed by atoms with van der Waals surface area (Å²) in [6.07, 6.45) is 4.33. The largest absolute Gasteiger partial charge is 0.388 e. The van der Waals surface area contributed by atoms with Crippen molar-refractivity contribution in [1.82, 2.24) is 5.32 Å². The van der Waals surface area contributed by atoms with Gasteiger partial charge in [-0.25, -0.2) is 0 Å². The van der Waals surface area contributed by atoms with Gasteiger partial charge in [-0.15, -0.1) is 0 Å². The molecule has 1 rings (SSSR count). The van der Waals surface area contributed by atoms with Crippen molar-refractivity contribution in [3.63, 3.8) is 0 Å². The summed E-state index contributed by atoms with van der Waals surface area (Å²) in [6.45, 7) is 9.12. The molecule has 0 aromatic carbocycles. The van der Waals surface area contributed by atoms with Crippen LogP contribution in [0.15, 0.2) is 0 Å². The minimum Gasteiger partial charge on any atom is -0.388 e. The molecule has 1 amide bonds. The summed E-state index contributed by atoms with van der Waals surface area (Å²) in [5.74, 6) is 0.466. The van der Waals surface area contributed by atoms with Crippen LogP contribution in [0.1, 0.15) is 59.8 Å². The molecule has 2 N–H and O–H groups in total. The third-order valence-corrected chi connectivity index (χ3v) is 3.39. The number of carbonyl (C=O) groups is 1. The van der Waals surface area contributed by atoms with Crippen LogP contribution in [-0.4, -0.2) is 23.2 Å². The summed E-state index contributed by atoms with van der Waals surface area (Å²) in [5, 5.41) is 12.7. The van der Waals surface area contributed by atoms with Gasteiger partial charge in [0.2, 0.25) is 5.91 Å². The summed E-state index contributed by atoms with van der Waals surface area (Å²) < 4.78 is 0. The molecule has 1 aliphatic carbocycles. The van der Waals surface area contributed by atoms with Crippen LogP contribution in [-0.2, 0) is 4.79 Å². The molecule has 3 nitrogen and oxygen atoms in total. The molecule has 0 heterocycles. The zero-order valence-corrected chi connectivity index (χ0v) is 11.7. The van der Waals surface area contributed by atoms with Gasteiger partial charge < -0.3 is 10.4 Å². The first-order valence-electron chi connectivity index (χ1n) is 6.69. The molecule has 1 atom stereocenters. The van der Waals surface area contributed by atoms with E-state index in [9.17, 15) is 9.90 Å². The first-order valence-corrected chi connectivity index (χ1v) is 6.69. The lowest BCUT2D eigenvalue weighted by Gasteiger charge is -2.36. The van der Waals surface area contributed by atoms with Crippen LogP contribution in [0.2, 0.25) is 0 Å². The molecule has 0 aliphatic heterocycles. The van der Waals surface area contributed by atoms with Crippen molar-refractivity contribution in [3.8, 4) is 0 Å². The lowest BCUT2D eigenvalue weighted by molar-refractivity contribution is -0.124. The first kappa shape index (κ1) is 14.5. The Hall–Kier alpha value is -0.570. The zero-order chi connectivity index (χ0) is 13.1. The second-order valence-corrected chi connectivity index (χ2v) is 6.93. The van der Waals surface area contributed by atoms with Crippen molar-refractivity contribution in [2.45, 2.75) is 65.4 Å². The SMILES string of the molecule is CC(CC(=O)NCC1(O)CCC1)CC(C)(C)C. The Morgan fingerprint density at radius 3 is 2.41 bits per heavy atom. The fraction of sp³-hybridized carbons (Fsp3) is 0.929. The van der Waals surface area contributed by atoms with E-state index in [1.54, 1.807) is 0 Å². The highest BCUT2D eigenvalue weighted by molar-refractivity contribution is 5.76. The fourth-order valence-corrected chi connectivity index (χ4v) is 2.53. The third-order valence-electron chi connectivity index (χ3n) is 3.39. The van der Waals surface area contributed by atoms with E-state index in [1.165, 1.54) is 0 Å². The third kappa shape index (κ3) is 5.53. The molecule has 0 aromatic rings. The molecular weight excluding hydrogens is 214 g/mol. The molecule has 0 spiro atoms. The van der Waals surface area contributed by atoms with E-state index in [-0.39, 0.29) is 11.3 Å². The number of carbonyl (C=O) groups excluding carboxylic acids is 1. The van der Waals surface area contributed by atoms with E-state index in [0.29, 0.717) is 18.9 Å². The van der Waals surface area contributed by atoms with Gasteiger partial charge in [-0.1, -0.05) is 27.7 Å². The fourth-order valence-electron chi connectivity index (χ4n) is 2.53. The maximum absolute atomic E-state index is 11.7. The normalized spacial score (nSPS) is 20.5. The summed E-state index contributed by atoms with van der Waals surface area (Å²) in [5.41, 5.74) is -0.338. The van der Waals surface area contributed by atoms with E-state index in [4.69, 9.17) is 0 Å². The molecule has 1 fully saturated rings. The molecule has 0 radical (unpaired) electrons. The predicted octanol–water partition coefficient (Wildman–Crippen LogP) is 2.48. The van der Waals surface area contributed by atoms with E-state index < -0.39 is 5.60 Å². The van der Waals surface area contributed by atoms with E-state index >= 15 is 0 Å². The average Bonchev–Trinajstić information content (AvgIpc) is 2.08. The summed E-state index contributed by atoms with van der Waals surface area (Å²) in [7, 11) is 0. The summed E-state index contributed by atoms with van der Waals surface area (Å²) >= 11 is 0. The number of hydrogen-bond acceptors (Lipinski definition) is 2. The van der Waals surface area contributed by atoms with Gasteiger partial charge in [-0.05, 0) is 37.0 Å². The highest BCUT2D eigenvalue weighted by atomic mass is 16.3. The maximum Gasteiger partial charge on any atom is 0.220 e. The highest BCUT2D eigenvalue weighted by Gasteiger charge is 2.34.